The van der Waals surface area contributed by atoms with E-state index in [0.29, 0.717) is 30.5 Å². The Kier molecular flexibility index (Phi) is 7.04. The van der Waals surface area contributed by atoms with Gasteiger partial charge in [-0.1, -0.05) is 12.1 Å². The van der Waals surface area contributed by atoms with E-state index in [1.807, 2.05) is 41.3 Å². The third-order valence-electron chi connectivity index (χ3n) is 6.23. The van der Waals surface area contributed by atoms with E-state index >= 15 is 0 Å². The Balaban J connectivity index is 1.26. The molecule has 2 aliphatic rings. The van der Waals surface area contributed by atoms with Crippen LogP contribution in [0.2, 0.25) is 0 Å². The molecule has 1 aromatic heterocycles. The highest BCUT2D eigenvalue weighted by atomic mass is 19.1. The van der Waals surface area contributed by atoms with Gasteiger partial charge in [0.15, 0.2) is 0 Å². The summed E-state index contributed by atoms with van der Waals surface area (Å²) in [5.41, 5.74) is 1.24. The van der Waals surface area contributed by atoms with E-state index in [9.17, 15) is 9.18 Å². The summed E-state index contributed by atoms with van der Waals surface area (Å²) in [6.07, 6.45) is 4.18. The average Bonchev–Trinajstić information content (AvgIpc) is 3.33. The maximum absolute atomic E-state index is 13.8. The molecule has 2 aromatic rings. The molecule has 3 heterocycles. The van der Waals surface area contributed by atoms with Crippen LogP contribution < -0.4 is 4.74 Å². The molecule has 0 saturated carbocycles. The Morgan fingerprint density at radius 1 is 1.03 bits per heavy atom. The lowest BCUT2D eigenvalue weighted by Crippen LogP contribution is -2.41. The van der Waals surface area contributed by atoms with E-state index in [4.69, 9.17) is 4.74 Å². The number of ether oxygens (including phenoxy) is 1. The van der Waals surface area contributed by atoms with Crippen LogP contribution in [0.25, 0.3) is 11.3 Å². The summed E-state index contributed by atoms with van der Waals surface area (Å²) in [5.74, 6) is 1.07. The first-order valence-corrected chi connectivity index (χ1v) is 11.6. The highest BCUT2D eigenvalue weighted by Gasteiger charge is 2.25. The van der Waals surface area contributed by atoms with Gasteiger partial charge in [-0.15, -0.1) is 10.2 Å². The minimum Gasteiger partial charge on any atom is -0.476 e. The molecule has 0 radical (unpaired) electrons. The van der Waals surface area contributed by atoms with Crippen LogP contribution in [0.1, 0.15) is 49.9 Å². The van der Waals surface area contributed by atoms with Crippen molar-refractivity contribution in [2.45, 2.75) is 45.2 Å². The second kappa shape index (κ2) is 9.94. The van der Waals surface area contributed by atoms with Gasteiger partial charge < -0.3 is 14.5 Å². The smallest absolute Gasteiger partial charge is 0.253 e. The van der Waals surface area contributed by atoms with Crippen LogP contribution in [0.4, 0.5) is 4.39 Å². The third kappa shape index (κ3) is 6.03. The van der Waals surface area contributed by atoms with Crippen molar-refractivity contribution in [3.8, 4) is 17.1 Å². The zero-order valence-electron chi connectivity index (χ0n) is 19.1. The number of hydrogen-bond donors (Lipinski definition) is 0. The number of aromatic nitrogens is 2. The number of carbonyl (C=O) groups is 1. The lowest BCUT2D eigenvalue weighted by Gasteiger charge is -2.34. The molecule has 0 bridgehead atoms. The first-order chi connectivity index (χ1) is 15.4. The normalized spacial score (nSPS) is 18.2. The molecule has 1 aromatic carbocycles. The number of piperidine rings is 1. The fourth-order valence-corrected chi connectivity index (χ4v) is 4.48. The van der Waals surface area contributed by atoms with Crippen LogP contribution in [0.5, 0.6) is 5.88 Å². The van der Waals surface area contributed by atoms with Crippen molar-refractivity contribution < 1.29 is 13.9 Å². The molecular formula is C25H33FN4O2. The molecule has 2 fully saturated rings. The van der Waals surface area contributed by atoms with Gasteiger partial charge in [-0.25, -0.2) is 4.39 Å². The number of amides is 1. The van der Waals surface area contributed by atoms with E-state index in [2.05, 4.69) is 15.1 Å². The quantitative estimate of drug-likeness (QED) is 0.645. The minimum absolute atomic E-state index is 0.100. The number of benzene rings is 1. The lowest BCUT2D eigenvalue weighted by molar-refractivity contribution is 0.0792. The zero-order chi connectivity index (χ0) is 22.6. The minimum atomic E-state index is -1.15. The predicted molar refractivity (Wildman–Crippen MR) is 122 cm³/mol. The molecule has 0 atom stereocenters. The molecule has 6 nitrogen and oxygen atoms in total. The van der Waals surface area contributed by atoms with E-state index in [-0.39, 0.29) is 5.91 Å². The number of halogens is 1. The van der Waals surface area contributed by atoms with Crippen LogP contribution in [-0.4, -0.2) is 70.9 Å². The van der Waals surface area contributed by atoms with E-state index in [0.717, 1.165) is 63.1 Å². The van der Waals surface area contributed by atoms with Crippen LogP contribution >= 0.6 is 0 Å². The fourth-order valence-electron chi connectivity index (χ4n) is 4.48. The van der Waals surface area contributed by atoms with Crippen LogP contribution in [0.3, 0.4) is 0 Å². The van der Waals surface area contributed by atoms with Gasteiger partial charge in [0.2, 0.25) is 5.88 Å². The molecule has 172 valence electrons. The summed E-state index contributed by atoms with van der Waals surface area (Å²) in [4.78, 5) is 16.6. The largest absolute Gasteiger partial charge is 0.476 e. The molecule has 2 aliphatic heterocycles. The Bertz CT molecular complexity index is 882. The van der Waals surface area contributed by atoms with E-state index in [1.165, 1.54) is 0 Å². The number of hydrogen-bond acceptors (Lipinski definition) is 5. The van der Waals surface area contributed by atoms with Gasteiger partial charge in [-0.3, -0.25) is 4.79 Å². The number of rotatable bonds is 7. The van der Waals surface area contributed by atoms with Gasteiger partial charge in [-0.2, -0.15) is 0 Å². The topological polar surface area (TPSA) is 58.6 Å². The van der Waals surface area contributed by atoms with Crippen LogP contribution in [0.15, 0.2) is 36.4 Å². The molecule has 7 heteroatoms. The summed E-state index contributed by atoms with van der Waals surface area (Å²) < 4.78 is 19.7. The highest BCUT2D eigenvalue weighted by Crippen LogP contribution is 2.23. The zero-order valence-corrected chi connectivity index (χ0v) is 19.1. The first-order valence-electron chi connectivity index (χ1n) is 11.6. The van der Waals surface area contributed by atoms with Crippen LogP contribution in [0, 0.1) is 5.92 Å². The van der Waals surface area contributed by atoms with Gasteiger partial charge >= 0.3 is 0 Å². The fraction of sp³-hybridized carbons (Fsp3) is 0.560. The number of alkyl halides is 1. The van der Waals surface area contributed by atoms with Crippen molar-refractivity contribution in [3.05, 3.63) is 42.0 Å². The number of carbonyl (C=O) groups excluding carboxylic acids is 1. The molecule has 0 aliphatic carbocycles. The Morgan fingerprint density at radius 3 is 2.31 bits per heavy atom. The number of likely N-dealkylation sites (tertiary alicyclic amines) is 2. The third-order valence-corrected chi connectivity index (χ3v) is 6.23. The van der Waals surface area contributed by atoms with Gasteiger partial charge in [0.25, 0.3) is 5.91 Å². The summed E-state index contributed by atoms with van der Waals surface area (Å²) in [5, 5.41) is 8.51. The van der Waals surface area contributed by atoms with Gasteiger partial charge in [0.05, 0.1) is 12.3 Å². The second-order valence-electron chi connectivity index (χ2n) is 9.58. The van der Waals surface area contributed by atoms with E-state index in [1.54, 1.807) is 13.8 Å². The molecule has 2 saturated heterocycles. The summed E-state index contributed by atoms with van der Waals surface area (Å²) in [6.45, 7) is 7.87. The summed E-state index contributed by atoms with van der Waals surface area (Å²) >= 11 is 0. The van der Waals surface area contributed by atoms with Gasteiger partial charge in [-0.05, 0) is 76.7 Å². The molecule has 0 spiro atoms. The lowest BCUT2D eigenvalue weighted by atomic mass is 9.97. The van der Waals surface area contributed by atoms with E-state index < -0.39 is 5.67 Å². The first kappa shape index (κ1) is 22.6. The molecule has 0 N–H and O–H groups in total. The molecule has 4 rings (SSSR count). The van der Waals surface area contributed by atoms with Crippen molar-refractivity contribution in [1.82, 2.24) is 20.0 Å². The molecule has 0 unspecified atom stereocenters. The van der Waals surface area contributed by atoms with Crippen molar-refractivity contribution in [2.24, 2.45) is 5.92 Å². The number of nitrogens with zero attached hydrogens (tertiary/aromatic N) is 4. The second-order valence-corrected chi connectivity index (χ2v) is 9.58. The van der Waals surface area contributed by atoms with Crippen molar-refractivity contribution >= 4 is 5.91 Å². The van der Waals surface area contributed by atoms with Crippen LogP contribution in [-0.2, 0) is 0 Å². The summed E-state index contributed by atoms with van der Waals surface area (Å²) in [7, 11) is 0. The Hall–Kier alpha value is -2.54. The van der Waals surface area contributed by atoms with Crippen molar-refractivity contribution in [3.63, 3.8) is 0 Å². The Morgan fingerprint density at radius 2 is 1.72 bits per heavy atom. The van der Waals surface area contributed by atoms with Gasteiger partial charge in [0.1, 0.15) is 5.67 Å². The Labute approximate surface area is 189 Å². The SMILES string of the molecule is CC(C)(F)CN1CCC(COc2ccc(-c3ccc(C(=O)N4CCCC4)cc3)nn2)CC1. The average molecular weight is 441 g/mol. The maximum Gasteiger partial charge on any atom is 0.253 e. The van der Waals surface area contributed by atoms with Gasteiger partial charge in [0, 0.05) is 36.8 Å². The maximum atomic E-state index is 13.8. The predicted octanol–water partition coefficient (Wildman–Crippen LogP) is 4.22. The molecule has 1 amide bonds. The molecule has 32 heavy (non-hydrogen) atoms. The van der Waals surface area contributed by atoms with Crippen molar-refractivity contribution in [1.29, 1.82) is 0 Å². The highest BCUT2D eigenvalue weighted by molar-refractivity contribution is 5.94. The monoisotopic (exact) mass is 440 g/mol. The molecular weight excluding hydrogens is 407 g/mol. The standard InChI is InChI=1S/C25H33FN4O2/c1-25(2,26)18-29-15-11-19(12-16-29)17-32-23-10-9-22(27-28-23)20-5-7-21(8-6-20)24(31)30-13-3-4-14-30/h5-10,19H,3-4,11-18H2,1-2H3. The van der Waals surface area contributed by atoms with Crippen molar-refractivity contribution in [2.75, 3.05) is 39.3 Å². The summed E-state index contributed by atoms with van der Waals surface area (Å²) in [6, 6.07) is 11.3.